The molecule has 1 aliphatic heterocycles. The van der Waals surface area contributed by atoms with Crippen LogP contribution in [-0.4, -0.2) is 25.3 Å². The minimum Gasteiger partial charge on any atom is -0.463 e. The Labute approximate surface area is 90.8 Å². The normalized spacial score (nSPS) is 22.2. The zero-order valence-corrected chi connectivity index (χ0v) is 9.58. The van der Waals surface area contributed by atoms with Crippen molar-refractivity contribution in [3.05, 3.63) is 23.3 Å². The molecule has 1 heterocycles. The zero-order chi connectivity index (χ0) is 11.3. The molecule has 0 spiro atoms. The highest BCUT2D eigenvalue weighted by Crippen LogP contribution is 2.17. The van der Waals surface area contributed by atoms with Crippen molar-refractivity contribution in [1.29, 1.82) is 0 Å². The van der Waals surface area contributed by atoms with Crippen molar-refractivity contribution >= 4 is 5.97 Å². The molecule has 0 saturated heterocycles. The summed E-state index contributed by atoms with van der Waals surface area (Å²) < 4.78 is 10.4. The Morgan fingerprint density at radius 2 is 2.47 bits per heavy atom. The monoisotopic (exact) mass is 210 g/mol. The smallest absolute Gasteiger partial charge is 0.330 e. The van der Waals surface area contributed by atoms with Crippen molar-refractivity contribution in [3.8, 4) is 0 Å². The molecule has 15 heavy (non-hydrogen) atoms. The molecule has 0 amide bonds. The molecule has 0 N–H and O–H groups in total. The first-order valence-electron chi connectivity index (χ1n) is 5.27. The van der Waals surface area contributed by atoms with Gasteiger partial charge in [0.15, 0.2) is 0 Å². The van der Waals surface area contributed by atoms with Gasteiger partial charge in [0.1, 0.15) is 0 Å². The van der Waals surface area contributed by atoms with E-state index in [-0.39, 0.29) is 12.1 Å². The number of carbonyl (C=O) groups excluding carboxylic acids is 1. The maximum Gasteiger partial charge on any atom is 0.330 e. The molecule has 0 bridgehead atoms. The Morgan fingerprint density at radius 3 is 3.07 bits per heavy atom. The summed E-state index contributed by atoms with van der Waals surface area (Å²) in [7, 11) is 0. The quantitative estimate of drug-likeness (QED) is 0.407. The van der Waals surface area contributed by atoms with Gasteiger partial charge in [-0.05, 0) is 32.8 Å². The van der Waals surface area contributed by atoms with Crippen LogP contribution in [-0.2, 0) is 14.3 Å². The Hall–Kier alpha value is -1.09. The predicted molar refractivity (Wildman–Crippen MR) is 58.5 cm³/mol. The number of ether oxygens (including phenoxy) is 2. The van der Waals surface area contributed by atoms with E-state index in [4.69, 9.17) is 9.47 Å². The fraction of sp³-hybridized carbons (Fsp3) is 0.583. The van der Waals surface area contributed by atoms with Gasteiger partial charge in [0.05, 0.1) is 19.3 Å². The third kappa shape index (κ3) is 3.88. The average molecular weight is 210 g/mol. The lowest BCUT2D eigenvalue weighted by atomic mass is 10.0. The van der Waals surface area contributed by atoms with Gasteiger partial charge in [-0.1, -0.05) is 11.6 Å². The van der Waals surface area contributed by atoms with Crippen molar-refractivity contribution in [2.24, 2.45) is 0 Å². The molecule has 0 fully saturated rings. The van der Waals surface area contributed by atoms with E-state index in [0.717, 1.165) is 18.6 Å². The van der Waals surface area contributed by atoms with Crippen LogP contribution in [0.4, 0.5) is 0 Å². The lowest BCUT2D eigenvalue weighted by molar-refractivity contribution is -0.137. The van der Waals surface area contributed by atoms with Crippen molar-refractivity contribution in [1.82, 2.24) is 0 Å². The molecule has 84 valence electrons. The molecule has 1 rings (SSSR count). The summed E-state index contributed by atoms with van der Waals surface area (Å²) in [5, 5.41) is 0. The minimum atomic E-state index is -0.296. The summed E-state index contributed by atoms with van der Waals surface area (Å²) in [5.74, 6) is -0.296. The van der Waals surface area contributed by atoms with Crippen LogP contribution < -0.4 is 0 Å². The second-order valence-corrected chi connectivity index (χ2v) is 3.69. The molecule has 3 heteroatoms. The van der Waals surface area contributed by atoms with Crippen LogP contribution in [0.2, 0.25) is 0 Å². The highest BCUT2D eigenvalue weighted by atomic mass is 16.5. The molecule has 0 aromatic rings. The number of hydrogen-bond acceptors (Lipinski definition) is 3. The molecule has 0 aromatic heterocycles. The zero-order valence-electron chi connectivity index (χ0n) is 9.58. The summed E-state index contributed by atoms with van der Waals surface area (Å²) in [6.07, 6.45) is 4.46. The van der Waals surface area contributed by atoms with Crippen molar-refractivity contribution in [2.75, 3.05) is 13.2 Å². The molecule has 0 aromatic carbocycles. The van der Waals surface area contributed by atoms with Gasteiger partial charge in [-0.2, -0.15) is 0 Å². The Kier molecular flexibility index (Phi) is 4.56. The highest BCUT2D eigenvalue weighted by Gasteiger charge is 2.14. The second kappa shape index (κ2) is 5.71. The largest absolute Gasteiger partial charge is 0.463 e. The maximum atomic E-state index is 11.2. The van der Waals surface area contributed by atoms with E-state index < -0.39 is 0 Å². The van der Waals surface area contributed by atoms with Gasteiger partial charge in [0.25, 0.3) is 0 Å². The fourth-order valence-electron chi connectivity index (χ4n) is 1.45. The van der Waals surface area contributed by atoms with Gasteiger partial charge in [0.2, 0.25) is 0 Å². The van der Waals surface area contributed by atoms with E-state index in [2.05, 4.69) is 13.0 Å². The van der Waals surface area contributed by atoms with Crippen LogP contribution in [0, 0.1) is 0 Å². The number of hydrogen-bond donors (Lipinski definition) is 0. The third-order valence-corrected chi connectivity index (χ3v) is 2.31. The molecule has 1 aliphatic rings. The molecule has 0 aliphatic carbocycles. The van der Waals surface area contributed by atoms with Crippen LogP contribution in [0.25, 0.3) is 0 Å². The van der Waals surface area contributed by atoms with Crippen LogP contribution >= 0.6 is 0 Å². The van der Waals surface area contributed by atoms with E-state index in [1.165, 1.54) is 11.6 Å². The topological polar surface area (TPSA) is 35.5 Å². The van der Waals surface area contributed by atoms with Crippen molar-refractivity contribution < 1.29 is 14.3 Å². The number of esters is 1. The first kappa shape index (κ1) is 12.0. The van der Waals surface area contributed by atoms with Crippen LogP contribution in [0.3, 0.4) is 0 Å². The SMILES string of the molecule is CCOC(=O)C=C(C)C1C=C(C)CCO1. The van der Waals surface area contributed by atoms with Gasteiger partial charge >= 0.3 is 5.97 Å². The summed E-state index contributed by atoms with van der Waals surface area (Å²) in [4.78, 5) is 11.2. The summed E-state index contributed by atoms with van der Waals surface area (Å²) in [5.41, 5.74) is 2.20. The fourth-order valence-corrected chi connectivity index (χ4v) is 1.45. The van der Waals surface area contributed by atoms with Gasteiger partial charge in [-0.3, -0.25) is 0 Å². The second-order valence-electron chi connectivity index (χ2n) is 3.69. The van der Waals surface area contributed by atoms with Gasteiger partial charge in [-0.15, -0.1) is 0 Å². The number of carbonyl (C=O) groups is 1. The number of rotatable bonds is 3. The lowest BCUT2D eigenvalue weighted by Crippen LogP contribution is -2.18. The predicted octanol–water partition coefficient (Wildman–Crippen LogP) is 2.23. The molecule has 1 atom stereocenters. The Balaban J connectivity index is 2.62. The van der Waals surface area contributed by atoms with E-state index in [9.17, 15) is 4.79 Å². The van der Waals surface area contributed by atoms with Gasteiger partial charge in [0, 0.05) is 6.08 Å². The molecule has 0 radical (unpaired) electrons. The van der Waals surface area contributed by atoms with Gasteiger partial charge < -0.3 is 9.47 Å². The first-order valence-corrected chi connectivity index (χ1v) is 5.27. The summed E-state index contributed by atoms with van der Waals surface area (Å²) >= 11 is 0. The Bertz CT molecular complexity index is 289. The van der Waals surface area contributed by atoms with E-state index >= 15 is 0 Å². The summed E-state index contributed by atoms with van der Waals surface area (Å²) in [6, 6.07) is 0. The molecular formula is C12H18O3. The average Bonchev–Trinajstić information content (AvgIpc) is 2.18. The Morgan fingerprint density at radius 1 is 1.73 bits per heavy atom. The van der Waals surface area contributed by atoms with Crippen LogP contribution in [0.1, 0.15) is 27.2 Å². The standard InChI is InChI=1S/C12H18O3/c1-4-14-12(13)8-10(3)11-7-9(2)5-6-15-11/h7-8,11H,4-6H2,1-3H3. The maximum absolute atomic E-state index is 11.2. The molecule has 3 nitrogen and oxygen atoms in total. The van der Waals surface area contributed by atoms with Gasteiger partial charge in [-0.25, -0.2) is 4.79 Å². The first-order chi connectivity index (χ1) is 7.13. The highest BCUT2D eigenvalue weighted by molar-refractivity contribution is 5.82. The third-order valence-electron chi connectivity index (χ3n) is 2.31. The summed E-state index contributed by atoms with van der Waals surface area (Å²) in [6.45, 7) is 6.89. The molecular weight excluding hydrogens is 192 g/mol. The van der Waals surface area contributed by atoms with E-state index in [0.29, 0.717) is 6.61 Å². The van der Waals surface area contributed by atoms with Crippen LogP contribution in [0.15, 0.2) is 23.3 Å². The minimum absolute atomic E-state index is 0.0665. The van der Waals surface area contributed by atoms with Crippen molar-refractivity contribution in [2.45, 2.75) is 33.3 Å². The molecule has 0 saturated carbocycles. The lowest BCUT2D eigenvalue weighted by Gasteiger charge is -2.20. The van der Waals surface area contributed by atoms with E-state index in [1.807, 2.05) is 6.92 Å². The van der Waals surface area contributed by atoms with E-state index in [1.54, 1.807) is 6.92 Å². The van der Waals surface area contributed by atoms with Crippen LogP contribution in [0.5, 0.6) is 0 Å². The van der Waals surface area contributed by atoms with Crippen molar-refractivity contribution in [3.63, 3.8) is 0 Å². The molecule has 1 unspecified atom stereocenters.